The minimum absolute atomic E-state index is 0.596. The maximum atomic E-state index is 5.35. The summed E-state index contributed by atoms with van der Waals surface area (Å²) in [6, 6.07) is 0. The lowest BCUT2D eigenvalue weighted by atomic mass is 10.3. The molecule has 15 heavy (non-hydrogen) atoms. The lowest BCUT2D eigenvalue weighted by Crippen LogP contribution is -2.06. The average molecular weight is 214 g/mol. The van der Waals surface area contributed by atoms with E-state index < -0.39 is 0 Å². The van der Waals surface area contributed by atoms with E-state index in [1.807, 2.05) is 0 Å². The summed E-state index contributed by atoms with van der Waals surface area (Å²) in [7, 11) is 0. The second-order valence-corrected chi connectivity index (χ2v) is 3.05. The maximum absolute atomic E-state index is 5.35. The maximum Gasteiger partial charge on any atom is 0.0704 e. The highest BCUT2D eigenvalue weighted by atomic mass is 16.5. The Bertz CT molecular complexity index is 130. The summed E-state index contributed by atoms with van der Waals surface area (Å²) in [5.41, 5.74) is 0. The number of ether oxygens (including phenoxy) is 3. The molecule has 0 spiro atoms. The topological polar surface area (TPSA) is 27.7 Å². The molecule has 0 rings (SSSR count). The highest BCUT2D eigenvalue weighted by molar-refractivity contribution is 4.64. The zero-order valence-electron chi connectivity index (χ0n) is 9.45. The van der Waals surface area contributed by atoms with Crippen molar-refractivity contribution in [2.45, 2.75) is 12.8 Å². The molecule has 0 aliphatic carbocycles. The van der Waals surface area contributed by atoms with Gasteiger partial charge in [0, 0.05) is 13.2 Å². The molecule has 0 atom stereocenters. The average Bonchev–Trinajstić information content (AvgIpc) is 2.26. The van der Waals surface area contributed by atoms with Crippen LogP contribution >= 0.6 is 0 Å². The van der Waals surface area contributed by atoms with Crippen molar-refractivity contribution >= 4 is 0 Å². The molecule has 0 fully saturated rings. The molecule has 0 aromatic heterocycles. The van der Waals surface area contributed by atoms with Gasteiger partial charge in [0.15, 0.2) is 0 Å². The molecule has 0 bridgehead atoms. The molecule has 0 heterocycles. The van der Waals surface area contributed by atoms with Gasteiger partial charge in [0.25, 0.3) is 0 Å². The zero-order chi connectivity index (χ0) is 11.2. The fraction of sp³-hybridized carbons (Fsp3) is 0.667. The third-order valence-electron chi connectivity index (χ3n) is 1.67. The lowest BCUT2D eigenvalue weighted by Gasteiger charge is -2.04. The predicted molar refractivity (Wildman–Crippen MR) is 62.1 cm³/mol. The van der Waals surface area contributed by atoms with Gasteiger partial charge in [0.1, 0.15) is 0 Å². The fourth-order valence-electron chi connectivity index (χ4n) is 0.961. The van der Waals surface area contributed by atoms with Gasteiger partial charge in [0.2, 0.25) is 0 Å². The molecule has 0 saturated carbocycles. The van der Waals surface area contributed by atoms with Crippen molar-refractivity contribution in [1.29, 1.82) is 0 Å². The van der Waals surface area contributed by atoms with Gasteiger partial charge in [-0.1, -0.05) is 12.2 Å². The molecule has 0 radical (unpaired) electrons. The van der Waals surface area contributed by atoms with Crippen LogP contribution in [-0.4, -0.2) is 39.6 Å². The van der Waals surface area contributed by atoms with E-state index in [1.54, 1.807) is 12.2 Å². The highest BCUT2D eigenvalue weighted by Gasteiger charge is 1.90. The van der Waals surface area contributed by atoms with E-state index in [-0.39, 0.29) is 0 Å². The van der Waals surface area contributed by atoms with Gasteiger partial charge in [-0.3, -0.25) is 0 Å². The van der Waals surface area contributed by atoms with Crippen molar-refractivity contribution in [3.05, 3.63) is 25.3 Å². The van der Waals surface area contributed by atoms with Crippen molar-refractivity contribution in [3.8, 4) is 0 Å². The predicted octanol–water partition coefficient (Wildman–Crippen LogP) is 2.19. The largest absolute Gasteiger partial charge is 0.379 e. The summed E-state index contributed by atoms with van der Waals surface area (Å²) in [5.74, 6) is 0. The lowest BCUT2D eigenvalue weighted by molar-refractivity contribution is 0.0536. The van der Waals surface area contributed by atoms with E-state index in [4.69, 9.17) is 14.2 Å². The molecular weight excluding hydrogens is 192 g/mol. The van der Waals surface area contributed by atoms with Crippen LogP contribution in [0.25, 0.3) is 0 Å². The summed E-state index contributed by atoms with van der Waals surface area (Å²) in [5, 5.41) is 0. The number of rotatable bonds is 12. The molecule has 0 unspecified atom stereocenters. The van der Waals surface area contributed by atoms with Crippen LogP contribution in [0.4, 0.5) is 0 Å². The zero-order valence-corrected chi connectivity index (χ0v) is 9.45. The Labute approximate surface area is 92.7 Å². The Hall–Kier alpha value is -0.640. The summed E-state index contributed by atoms with van der Waals surface area (Å²) in [6.07, 6.45) is 5.55. The Balaban J connectivity index is 2.86. The van der Waals surface area contributed by atoms with Gasteiger partial charge in [0.05, 0.1) is 26.4 Å². The molecule has 0 saturated heterocycles. The molecule has 3 nitrogen and oxygen atoms in total. The van der Waals surface area contributed by atoms with Crippen molar-refractivity contribution in [3.63, 3.8) is 0 Å². The molecule has 0 aliphatic rings. The van der Waals surface area contributed by atoms with Crippen LogP contribution in [0.3, 0.4) is 0 Å². The summed E-state index contributed by atoms with van der Waals surface area (Å²) >= 11 is 0. The van der Waals surface area contributed by atoms with Crippen molar-refractivity contribution in [2.75, 3.05) is 39.6 Å². The number of unbranched alkanes of at least 4 members (excludes halogenated alkanes) is 1. The van der Waals surface area contributed by atoms with Crippen molar-refractivity contribution < 1.29 is 14.2 Å². The highest BCUT2D eigenvalue weighted by Crippen LogP contribution is 1.91. The van der Waals surface area contributed by atoms with E-state index >= 15 is 0 Å². The van der Waals surface area contributed by atoms with E-state index in [9.17, 15) is 0 Å². The minimum atomic E-state index is 0.596. The molecule has 0 amide bonds. The first-order chi connectivity index (χ1) is 7.41. The first-order valence-corrected chi connectivity index (χ1v) is 5.37. The molecule has 3 heteroatoms. The Morgan fingerprint density at radius 2 is 1.13 bits per heavy atom. The smallest absolute Gasteiger partial charge is 0.0704 e. The van der Waals surface area contributed by atoms with Crippen molar-refractivity contribution in [2.24, 2.45) is 0 Å². The third kappa shape index (κ3) is 13.4. The first kappa shape index (κ1) is 14.4. The van der Waals surface area contributed by atoms with Crippen LogP contribution in [0.1, 0.15) is 12.8 Å². The van der Waals surface area contributed by atoms with Crippen LogP contribution in [0.2, 0.25) is 0 Å². The monoisotopic (exact) mass is 214 g/mol. The fourth-order valence-corrected chi connectivity index (χ4v) is 0.961. The van der Waals surface area contributed by atoms with Gasteiger partial charge in [-0.2, -0.15) is 0 Å². The second kappa shape index (κ2) is 13.4. The van der Waals surface area contributed by atoms with Gasteiger partial charge in [-0.15, -0.1) is 13.2 Å². The molecule has 0 aromatic carbocycles. The van der Waals surface area contributed by atoms with Crippen molar-refractivity contribution in [1.82, 2.24) is 0 Å². The first-order valence-electron chi connectivity index (χ1n) is 5.37. The Kier molecular flexibility index (Phi) is 12.8. The van der Waals surface area contributed by atoms with Crippen LogP contribution < -0.4 is 0 Å². The SMILES string of the molecule is C=CCOCCCCOCCOCC=C. The Morgan fingerprint density at radius 3 is 1.73 bits per heavy atom. The normalized spacial score (nSPS) is 10.1. The van der Waals surface area contributed by atoms with Crippen LogP contribution in [0.5, 0.6) is 0 Å². The van der Waals surface area contributed by atoms with Crippen LogP contribution in [0.15, 0.2) is 25.3 Å². The van der Waals surface area contributed by atoms with Crippen LogP contribution in [-0.2, 0) is 14.2 Å². The van der Waals surface area contributed by atoms with Crippen LogP contribution in [0, 0.1) is 0 Å². The Morgan fingerprint density at radius 1 is 0.667 bits per heavy atom. The van der Waals surface area contributed by atoms with E-state index in [0.717, 1.165) is 26.1 Å². The molecule has 88 valence electrons. The summed E-state index contributed by atoms with van der Waals surface area (Å²) in [6.45, 7) is 11.2. The summed E-state index contributed by atoms with van der Waals surface area (Å²) < 4.78 is 15.7. The quantitative estimate of drug-likeness (QED) is 0.368. The molecule has 0 N–H and O–H groups in total. The van der Waals surface area contributed by atoms with Gasteiger partial charge in [-0.05, 0) is 12.8 Å². The molecule has 0 aliphatic heterocycles. The summed E-state index contributed by atoms with van der Waals surface area (Å²) in [4.78, 5) is 0. The van der Waals surface area contributed by atoms with E-state index in [2.05, 4.69) is 13.2 Å². The van der Waals surface area contributed by atoms with E-state index in [0.29, 0.717) is 26.4 Å². The molecule has 0 aromatic rings. The molecular formula is C12H22O3. The van der Waals surface area contributed by atoms with Gasteiger partial charge < -0.3 is 14.2 Å². The third-order valence-corrected chi connectivity index (χ3v) is 1.67. The van der Waals surface area contributed by atoms with Gasteiger partial charge in [-0.25, -0.2) is 0 Å². The number of hydrogen-bond donors (Lipinski definition) is 0. The number of hydrogen-bond acceptors (Lipinski definition) is 3. The standard InChI is InChI=1S/C12H22O3/c1-3-7-13-9-5-6-10-15-12-11-14-8-4-2/h3-4H,1-2,5-12H2. The minimum Gasteiger partial charge on any atom is -0.379 e. The second-order valence-electron chi connectivity index (χ2n) is 3.05. The van der Waals surface area contributed by atoms with E-state index in [1.165, 1.54) is 0 Å². The van der Waals surface area contributed by atoms with Gasteiger partial charge >= 0.3 is 0 Å².